The van der Waals surface area contributed by atoms with E-state index in [4.69, 9.17) is 11.1 Å². The van der Waals surface area contributed by atoms with Crippen molar-refractivity contribution in [2.24, 2.45) is 5.73 Å². The van der Waals surface area contributed by atoms with Crippen LogP contribution in [0.5, 0.6) is 0 Å². The molecule has 0 saturated heterocycles. The van der Waals surface area contributed by atoms with Gasteiger partial charge in [-0.1, -0.05) is 30.0 Å². The van der Waals surface area contributed by atoms with Gasteiger partial charge in [0.1, 0.15) is 0 Å². The van der Waals surface area contributed by atoms with Crippen molar-refractivity contribution in [2.45, 2.75) is 29.4 Å². The van der Waals surface area contributed by atoms with Gasteiger partial charge in [-0.05, 0) is 6.42 Å². The van der Waals surface area contributed by atoms with E-state index in [-0.39, 0.29) is 5.84 Å². The molecule has 3 N–H and O–H groups in total. The normalized spacial score (nSPS) is 12.4. The Labute approximate surface area is 104 Å². The van der Waals surface area contributed by atoms with Gasteiger partial charge in [-0.15, -0.1) is 10.2 Å². The van der Waals surface area contributed by atoms with E-state index < -0.39 is 0 Å². The van der Waals surface area contributed by atoms with E-state index in [2.05, 4.69) is 17.1 Å². The molecule has 16 heavy (non-hydrogen) atoms. The van der Waals surface area contributed by atoms with E-state index in [0.717, 1.165) is 15.9 Å². The molecule has 0 fully saturated rings. The number of rotatable bonds is 6. The van der Waals surface area contributed by atoms with Crippen molar-refractivity contribution >= 4 is 34.1 Å². The van der Waals surface area contributed by atoms with E-state index in [9.17, 15) is 0 Å². The van der Waals surface area contributed by atoms with Crippen molar-refractivity contribution in [1.29, 1.82) is 5.41 Å². The van der Waals surface area contributed by atoms with Crippen molar-refractivity contribution < 1.29 is 0 Å². The summed E-state index contributed by atoms with van der Waals surface area (Å²) in [6, 6.07) is 0. The number of hydrogen-bond acceptors (Lipinski definition) is 6. The summed E-state index contributed by atoms with van der Waals surface area (Å²) in [6.07, 6.45) is 1.58. The third kappa shape index (κ3) is 3.97. The van der Waals surface area contributed by atoms with E-state index in [1.807, 2.05) is 19.0 Å². The van der Waals surface area contributed by atoms with Crippen LogP contribution in [-0.4, -0.2) is 35.4 Å². The zero-order chi connectivity index (χ0) is 12.1. The Balaban J connectivity index is 2.59. The van der Waals surface area contributed by atoms with Gasteiger partial charge in [0, 0.05) is 25.8 Å². The molecule has 0 spiro atoms. The molecule has 0 aromatic carbocycles. The molecule has 5 nitrogen and oxygen atoms in total. The van der Waals surface area contributed by atoms with Crippen molar-refractivity contribution in [3.05, 3.63) is 0 Å². The molecule has 0 radical (unpaired) electrons. The lowest BCUT2D eigenvalue weighted by molar-refractivity contribution is 0.845. The third-order valence-corrected chi connectivity index (χ3v) is 4.49. The van der Waals surface area contributed by atoms with E-state index in [1.54, 1.807) is 23.1 Å². The molecule has 1 aromatic rings. The summed E-state index contributed by atoms with van der Waals surface area (Å²) in [4.78, 5) is 1.94. The monoisotopic (exact) mass is 259 g/mol. The lowest BCUT2D eigenvalue weighted by atomic mass is 10.2. The maximum Gasteiger partial charge on any atom is 0.208 e. The molecule has 0 bridgehead atoms. The summed E-state index contributed by atoms with van der Waals surface area (Å²) in [5.41, 5.74) is 5.41. The molecule has 0 aliphatic rings. The maximum absolute atomic E-state index is 7.29. The van der Waals surface area contributed by atoms with Gasteiger partial charge < -0.3 is 10.6 Å². The number of aromatic nitrogens is 2. The molecule has 0 aliphatic heterocycles. The van der Waals surface area contributed by atoms with E-state index in [0.29, 0.717) is 11.7 Å². The summed E-state index contributed by atoms with van der Waals surface area (Å²) < 4.78 is 0.941. The molecular formula is C9H17N5S2. The summed E-state index contributed by atoms with van der Waals surface area (Å²) in [5.74, 6) is 0.233. The van der Waals surface area contributed by atoms with Gasteiger partial charge in [0.25, 0.3) is 0 Å². The number of nitrogens with two attached hydrogens (primary N) is 1. The molecule has 0 aliphatic carbocycles. The van der Waals surface area contributed by atoms with Crippen molar-refractivity contribution in [3.8, 4) is 0 Å². The predicted octanol–water partition coefficient (Wildman–Crippen LogP) is 1.80. The SMILES string of the molecule is CCC(CC(=N)N)Sc1nnc(N(C)C)s1. The lowest BCUT2D eigenvalue weighted by Crippen LogP contribution is -2.16. The minimum Gasteiger partial charge on any atom is -0.388 e. The second kappa shape index (κ2) is 6.05. The maximum atomic E-state index is 7.29. The van der Waals surface area contributed by atoms with Gasteiger partial charge in [-0.3, -0.25) is 5.41 Å². The lowest BCUT2D eigenvalue weighted by Gasteiger charge is -2.10. The first-order valence-electron chi connectivity index (χ1n) is 5.03. The average molecular weight is 259 g/mol. The smallest absolute Gasteiger partial charge is 0.208 e. The number of hydrogen-bond donors (Lipinski definition) is 2. The zero-order valence-electron chi connectivity index (χ0n) is 9.73. The summed E-state index contributed by atoms with van der Waals surface area (Å²) in [6.45, 7) is 2.09. The van der Waals surface area contributed by atoms with Crippen LogP contribution in [-0.2, 0) is 0 Å². The van der Waals surface area contributed by atoms with Crippen LogP contribution in [0.4, 0.5) is 5.13 Å². The number of nitrogens with one attached hydrogen (secondary N) is 1. The molecule has 7 heteroatoms. The highest BCUT2D eigenvalue weighted by Gasteiger charge is 2.14. The highest BCUT2D eigenvalue weighted by atomic mass is 32.2. The van der Waals surface area contributed by atoms with Crippen LogP contribution in [0.2, 0.25) is 0 Å². The van der Waals surface area contributed by atoms with Crippen LogP contribution < -0.4 is 10.6 Å². The van der Waals surface area contributed by atoms with Crippen molar-refractivity contribution in [2.75, 3.05) is 19.0 Å². The van der Waals surface area contributed by atoms with Crippen LogP contribution in [0, 0.1) is 5.41 Å². The fourth-order valence-corrected chi connectivity index (χ4v) is 3.22. The Morgan fingerprint density at radius 3 is 2.69 bits per heavy atom. The standard InChI is InChI=1S/C9H17N5S2/c1-4-6(5-7(10)11)15-9-13-12-8(16-9)14(2)3/h6H,4-5H2,1-3H3,(H3,10,11). The summed E-state index contributed by atoms with van der Waals surface area (Å²) >= 11 is 3.22. The van der Waals surface area contributed by atoms with Gasteiger partial charge >= 0.3 is 0 Å². The molecule has 0 saturated carbocycles. The quantitative estimate of drug-likeness (QED) is 0.463. The number of amidine groups is 1. The van der Waals surface area contributed by atoms with Gasteiger partial charge in [0.05, 0.1) is 5.84 Å². The topological polar surface area (TPSA) is 78.9 Å². The zero-order valence-corrected chi connectivity index (χ0v) is 11.4. The first-order chi connectivity index (χ1) is 7.52. The fraction of sp³-hybridized carbons (Fsp3) is 0.667. The fourth-order valence-electron chi connectivity index (χ4n) is 1.09. The van der Waals surface area contributed by atoms with E-state index in [1.165, 1.54) is 0 Å². The molecule has 0 amide bonds. The molecule has 1 atom stereocenters. The van der Waals surface area contributed by atoms with Crippen LogP contribution in [0.15, 0.2) is 4.34 Å². The minimum absolute atomic E-state index is 0.233. The Morgan fingerprint density at radius 1 is 1.56 bits per heavy atom. The van der Waals surface area contributed by atoms with Gasteiger partial charge in [0.2, 0.25) is 5.13 Å². The first kappa shape index (κ1) is 13.2. The van der Waals surface area contributed by atoms with Crippen LogP contribution in [0.25, 0.3) is 0 Å². The molecule has 1 aromatic heterocycles. The van der Waals surface area contributed by atoms with Crippen LogP contribution in [0.1, 0.15) is 19.8 Å². The Hall–Kier alpha value is -0.820. The Bertz CT molecular complexity index is 349. The van der Waals surface area contributed by atoms with Crippen LogP contribution in [0.3, 0.4) is 0 Å². The van der Waals surface area contributed by atoms with Gasteiger partial charge in [-0.2, -0.15) is 0 Å². The van der Waals surface area contributed by atoms with Crippen molar-refractivity contribution in [3.63, 3.8) is 0 Å². The Kier molecular flexibility index (Phi) is 5.01. The van der Waals surface area contributed by atoms with Crippen molar-refractivity contribution in [1.82, 2.24) is 10.2 Å². The molecule has 1 heterocycles. The number of anilines is 1. The van der Waals surface area contributed by atoms with Gasteiger partial charge in [0.15, 0.2) is 4.34 Å². The third-order valence-electron chi connectivity index (χ3n) is 1.95. The van der Waals surface area contributed by atoms with E-state index >= 15 is 0 Å². The molecule has 1 unspecified atom stereocenters. The first-order valence-corrected chi connectivity index (χ1v) is 6.73. The molecule has 90 valence electrons. The minimum atomic E-state index is 0.233. The van der Waals surface area contributed by atoms with Crippen LogP contribution >= 0.6 is 23.1 Å². The number of nitrogens with zero attached hydrogens (tertiary/aromatic N) is 3. The summed E-state index contributed by atoms with van der Waals surface area (Å²) in [7, 11) is 3.89. The largest absolute Gasteiger partial charge is 0.388 e. The second-order valence-corrected chi connectivity index (χ2v) is 6.13. The highest BCUT2D eigenvalue weighted by Crippen LogP contribution is 2.32. The molecular weight excluding hydrogens is 242 g/mol. The predicted molar refractivity (Wildman–Crippen MR) is 70.7 cm³/mol. The summed E-state index contributed by atoms with van der Waals surface area (Å²) in [5, 5.41) is 16.7. The highest BCUT2D eigenvalue weighted by molar-refractivity contribution is 8.01. The average Bonchev–Trinajstić information content (AvgIpc) is 2.64. The number of thioether (sulfide) groups is 1. The Morgan fingerprint density at radius 2 is 2.25 bits per heavy atom. The molecule has 1 rings (SSSR count). The van der Waals surface area contributed by atoms with Gasteiger partial charge in [-0.25, -0.2) is 0 Å². The second-order valence-electron chi connectivity index (χ2n) is 3.62.